The van der Waals surface area contributed by atoms with Crippen LogP contribution < -0.4 is 18.9 Å². The second kappa shape index (κ2) is 6.87. The molecular weight excluding hydrogens is 358 g/mol. The Labute approximate surface area is 165 Å². The molecule has 2 aromatic carbocycles. The van der Waals surface area contributed by atoms with Gasteiger partial charge in [0.1, 0.15) is 18.7 Å². The molecule has 3 atom stereocenters. The van der Waals surface area contributed by atoms with Crippen LogP contribution in [-0.4, -0.2) is 51.6 Å². The maximum absolute atomic E-state index is 11.5. The van der Waals surface area contributed by atoms with Gasteiger partial charge in [-0.3, -0.25) is 0 Å². The monoisotopic (exact) mass is 386 g/mol. The van der Waals surface area contributed by atoms with E-state index in [1.165, 1.54) is 5.56 Å². The minimum Gasteiger partial charge on any atom is -0.493 e. The summed E-state index contributed by atoms with van der Waals surface area (Å²) in [6.07, 6.45) is 0.281. The van der Waals surface area contributed by atoms with Crippen molar-refractivity contribution in [2.45, 2.75) is 25.1 Å². The van der Waals surface area contributed by atoms with E-state index in [1.807, 2.05) is 18.2 Å². The molecule has 4 rings (SSSR count). The minimum atomic E-state index is -0.647. The average Bonchev–Trinajstić information content (AvgIpc) is 2.71. The SMILES string of the molecule is COc1cc2c(cc1OC)[C@@H]1[C@@H](O)c3cc(OC)c(OC)cc3C[N@@+]1(C)CC2. The zero-order valence-corrected chi connectivity index (χ0v) is 17.1. The van der Waals surface area contributed by atoms with Crippen molar-refractivity contribution >= 4 is 0 Å². The molecule has 0 amide bonds. The first-order valence-corrected chi connectivity index (χ1v) is 9.47. The lowest BCUT2D eigenvalue weighted by Gasteiger charge is -2.50. The molecule has 6 heteroatoms. The second-order valence-electron chi connectivity index (χ2n) is 7.81. The van der Waals surface area contributed by atoms with Gasteiger partial charge in [-0.05, 0) is 35.4 Å². The van der Waals surface area contributed by atoms with Crippen LogP contribution in [0, 0.1) is 0 Å². The molecule has 0 spiro atoms. The first kappa shape index (κ1) is 18.9. The fourth-order valence-corrected chi connectivity index (χ4v) is 4.88. The first-order chi connectivity index (χ1) is 13.5. The lowest BCUT2D eigenvalue weighted by molar-refractivity contribution is -0.960. The molecule has 0 aromatic heterocycles. The summed E-state index contributed by atoms with van der Waals surface area (Å²) in [7, 11) is 8.77. The molecule has 2 aromatic rings. The molecule has 1 N–H and O–H groups in total. The van der Waals surface area contributed by atoms with Gasteiger partial charge in [0.2, 0.25) is 0 Å². The summed E-state index contributed by atoms with van der Waals surface area (Å²) >= 11 is 0. The summed E-state index contributed by atoms with van der Waals surface area (Å²) < 4.78 is 22.7. The number of ether oxygens (including phenoxy) is 4. The third-order valence-corrected chi connectivity index (χ3v) is 6.32. The summed E-state index contributed by atoms with van der Waals surface area (Å²) in [6, 6.07) is 7.92. The average molecular weight is 386 g/mol. The van der Waals surface area contributed by atoms with Gasteiger partial charge in [-0.15, -0.1) is 0 Å². The lowest BCUT2D eigenvalue weighted by atomic mass is 9.80. The van der Waals surface area contributed by atoms with Crippen LogP contribution in [0.15, 0.2) is 24.3 Å². The predicted molar refractivity (Wildman–Crippen MR) is 105 cm³/mol. The van der Waals surface area contributed by atoms with Crippen molar-refractivity contribution in [3.8, 4) is 23.0 Å². The second-order valence-corrected chi connectivity index (χ2v) is 7.81. The quantitative estimate of drug-likeness (QED) is 0.819. The normalized spacial score (nSPS) is 25.2. The molecule has 0 bridgehead atoms. The minimum absolute atomic E-state index is 0.0749. The molecule has 150 valence electrons. The fraction of sp³-hybridized carbons (Fsp3) is 0.455. The predicted octanol–water partition coefficient (Wildman–Crippen LogP) is 3.01. The van der Waals surface area contributed by atoms with E-state index in [0.717, 1.165) is 46.4 Å². The Bertz CT molecular complexity index is 912. The van der Waals surface area contributed by atoms with Gasteiger partial charge in [0, 0.05) is 17.5 Å². The zero-order valence-electron chi connectivity index (χ0n) is 17.1. The Morgan fingerprint density at radius 2 is 1.29 bits per heavy atom. The number of nitrogens with zero attached hydrogens (tertiary/aromatic N) is 1. The highest BCUT2D eigenvalue weighted by atomic mass is 16.5. The van der Waals surface area contributed by atoms with Gasteiger partial charge in [-0.2, -0.15) is 0 Å². The van der Waals surface area contributed by atoms with Crippen LogP contribution in [0.2, 0.25) is 0 Å². The summed E-state index contributed by atoms with van der Waals surface area (Å²) in [5.74, 6) is 2.76. The summed E-state index contributed by atoms with van der Waals surface area (Å²) in [4.78, 5) is 0. The molecule has 6 nitrogen and oxygen atoms in total. The van der Waals surface area contributed by atoms with Gasteiger partial charge >= 0.3 is 0 Å². The topological polar surface area (TPSA) is 57.2 Å². The maximum atomic E-state index is 11.5. The molecule has 0 fully saturated rings. The van der Waals surface area contributed by atoms with Crippen molar-refractivity contribution < 1.29 is 28.5 Å². The van der Waals surface area contributed by atoms with Crippen LogP contribution in [0.1, 0.15) is 34.4 Å². The highest BCUT2D eigenvalue weighted by Crippen LogP contribution is 2.52. The van der Waals surface area contributed by atoms with E-state index in [1.54, 1.807) is 28.4 Å². The smallest absolute Gasteiger partial charge is 0.161 e. The standard InChI is InChI=1S/C22H28NO5/c1-23-7-6-13-8-17(25-2)19(27-4)10-15(13)21(23)22(24)16-11-20(28-5)18(26-3)9-14(16)12-23/h8-11,21-22,24H,6-7,12H2,1-5H3/q+1/t21-,22+,23-/m1/s1. The number of aliphatic hydroxyl groups is 1. The van der Waals surface area contributed by atoms with Crippen molar-refractivity contribution in [2.24, 2.45) is 0 Å². The number of hydrogen-bond donors (Lipinski definition) is 1. The summed E-state index contributed by atoms with van der Waals surface area (Å²) in [5.41, 5.74) is 4.34. The van der Waals surface area contributed by atoms with E-state index >= 15 is 0 Å². The van der Waals surface area contributed by atoms with Gasteiger partial charge in [0.05, 0.1) is 42.0 Å². The Morgan fingerprint density at radius 1 is 0.786 bits per heavy atom. The molecule has 0 aliphatic carbocycles. The van der Waals surface area contributed by atoms with Crippen molar-refractivity contribution in [3.05, 3.63) is 46.5 Å². The number of quaternary nitrogens is 1. The van der Waals surface area contributed by atoms with Gasteiger partial charge in [0.25, 0.3) is 0 Å². The molecule has 0 unspecified atom stereocenters. The molecule has 2 heterocycles. The maximum Gasteiger partial charge on any atom is 0.161 e. The Morgan fingerprint density at radius 3 is 1.86 bits per heavy atom. The fourth-order valence-electron chi connectivity index (χ4n) is 4.88. The molecular formula is C22H28NO5+. The summed E-state index contributed by atoms with van der Waals surface area (Å²) in [6.45, 7) is 1.77. The third kappa shape index (κ3) is 2.71. The molecule has 2 aliphatic heterocycles. The molecule has 2 aliphatic rings. The van der Waals surface area contributed by atoms with Crippen molar-refractivity contribution in [2.75, 3.05) is 42.0 Å². The van der Waals surface area contributed by atoms with Crippen LogP contribution >= 0.6 is 0 Å². The molecule has 0 radical (unpaired) electrons. The van der Waals surface area contributed by atoms with Gasteiger partial charge in [0.15, 0.2) is 23.0 Å². The number of benzene rings is 2. The molecule has 0 saturated heterocycles. The van der Waals surface area contributed by atoms with Crippen molar-refractivity contribution in [1.82, 2.24) is 0 Å². The van der Waals surface area contributed by atoms with E-state index in [-0.39, 0.29) is 6.04 Å². The Hall–Kier alpha value is -2.44. The highest BCUT2D eigenvalue weighted by Gasteiger charge is 2.49. The van der Waals surface area contributed by atoms with Crippen LogP contribution in [0.3, 0.4) is 0 Å². The van der Waals surface area contributed by atoms with Crippen LogP contribution in [0.25, 0.3) is 0 Å². The van der Waals surface area contributed by atoms with Gasteiger partial charge < -0.3 is 28.5 Å². The van der Waals surface area contributed by atoms with Crippen molar-refractivity contribution in [1.29, 1.82) is 0 Å². The van der Waals surface area contributed by atoms with E-state index in [9.17, 15) is 5.11 Å². The molecule has 28 heavy (non-hydrogen) atoms. The first-order valence-electron chi connectivity index (χ1n) is 9.47. The molecule has 0 saturated carbocycles. The van der Waals surface area contributed by atoms with Crippen LogP contribution in [-0.2, 0) is 13.0 Å². The largest absolute Gasteiger partial charge is 0.493 e. The summed E-state index contributed by atoms with van der Waals surface area (Å²) in [5, 5.41) is 11.5. The number of aliphatic hydroxyl groups excluding tert-OH is 1. The number of rotatable bonds is 4. The van der Waals surface area contributed by atoms with Crippen molar-refractivity contribution in [3.63, 3.8) is 0 Å². The Kier molecular flexibility index (Phi) is 4.63. The lowest BCUT2D eigenvalue weighted by Crippen LogP contribution is -2.54. The number of methoxy groups -OCH3 is 4. The van der Waals surface area contributed by atoms with E-state index in [4.69, 9.17) is 18.9 Å². The van der Waals surface area contributed by atoms with E-state index in [2.05, 4.69) is 13.1 Å². The Balaban J connectivity index is 1.87. The third-order valence-electron chi connectivity index (χ3n) is 6.32. The number of likely N-dealkylation sites (N-methyl/N-ethyl adjacent to an activating group) is 1. The van der Waals surface area contributed by atoms with Gasteiger partial charge in [-0.1, -0.05) is 0 Å². The zero-order chi connectivity index (χ0) is 20.1. The highest BCUT2D eigenvalue weighted by molar-refractivity contribution is 5.52. The number of hydrogen-bond acceptors (Lipinski definition) is 5. The van der Waals surface area contributed by atoms with Crippen LogP contribution in [0.4, 0.5) is 0 Å². The van der Waals surface area contributed by atoms with Crippen LogP contribution in [0.5, 0.6) is 23.0 Å². The van der Waals surface area contributed by atoms with E-state index < -0.39 is 6.10 Å². The van der Waals surface area contributed by atoms with Gasteiger partial charge in [-0.25, -0.2) is 0 Å². The van der Waals surface area contributed by atoms with E-state index in [0.29, 0.717) is 17.2 Å². The number of fused-ring (bicyclic) bond motifs is 4.